The number of rotatable bonds is 5. The Morgan fingerprint density at radius 3 is 2.87 bits per heavy atom. The van der Waals surface area contributed by atoms with E-state index in [1.165, 1.54) is 0 Å². The maximum absolute atomic E-state index is 6.03. The van der Waals surface area contributed by atoms with Crippen LogP contribution in [0.2, 0.25) is 10.0 Å². The van der Waals surface area contributed by atoms with Crippen LogP contribution < -0.4 is 5.32 Å². The molecule has 0 unspecified atom stereocenters. The molecule has 0 spiro atoms. The molecule has 1 nitrogen and oxygen atoms in total. The average molecular weight is 242 g/mol. The third kappa shape index (κ3) is 4.13. The number of benzene rings is 1. The van der Waals surface area contributed by atoms with E-state index < -0.39 is 0 Å². The molecule has 0 saturated heterocycles. The van der Waals surface area contributed by atoms with Gasteiger partial charge in [0, 0.05) is 13.0 Å². The van der Waals surface area contributed by atoms with Gasteiger partial charge in [0.15, 0.2) is 0 Å². The zero-order valence-corrected chi connectivity index (χ0v) is 9.91. The second-order valence-electron chi connectivity index (χ2n) is 3.20. The van der Waals surface area contributed by atoms with Crippen LogP contribution >= 0.6 is 23.2 Å². The van der Waals surface area contributed by atoms with Crippen LogP contribution in [0, 0.1) is 12.3 Å². The van der Waals surface area contributed by atoms with Crippen molar-refractivity contribution in [1.29, 1.82) is 0 Å². The summed E-state index contributed by atoms with van der Waals surface area (Å²) in [4.78, 5) is 0. The van der Waals surface area contributed by atoms with Crippen LogP contribution in [0.25, 0.3) is 0 Å². The minimum atomic E-state index is 0.597. The van der Waals surface area contributed by atoms with Crippen molar-refractivity contribution in [1.82, 2.24) is 5.32 Å². The number of hydrogen-bond acceptors (Lipinski definition) is 1. The summed E-state index contributed by atoms with van der Waals surface area (Å²) in [5.74, 6) is 2.60. The average Bonchev–Trinajstić information content (AvgIpc) is 2.24. The molecule has 0 aromatic heterocycles. The molecule has 1 rings (SSSR count). The molecular formula is C12H13Cl2N. The summed E-state index contributed by atoms with van der Waals surface area (Å²) in [6, 6.07) is 5.64. The fourth-order valence-electron chi connectivity index (χ4n) is 1.22. The third-order valence-corrected chi connectivity index (χ3v) is 2.88. The van der Waals surface area contributed by atoms with Crippen molar-refractivity contribution in [3.8, 4) is 12.3 Å². The molecule has 1 aromatic rings. The van der Waals surface area contributed by atoms with Gasteiger partial charge in [-0.15, -0.1) is 12.3 Å². The third-order valence-electron chi connectivity index (χ3n) is 2.02. The lowest BCUT2D eigenvalue weighted by molar-refractivity contribution is 0.659. The van der Waals surface area contributed by atoms with Gasteiger partial charge in [0.25, 0.3) is 0 Å². The highest BCUT2D eigenvalue weighted by atomic mass is 35.5. The van der Waals surface area contributed by atoms with Gasteiger partial charge in [-0.1, -0.05) is 35.3 Å². The first-order valence-electron chi connectivity index (χ1n) is 4.82. The Hall–Kier alpha value is -0.680. The highest BCUT2D eigenvalue weighted by molar-refractivity contribution is 6.42. The van der Waals surface area contributed by atoms with E-state index >= 15 is 0 Å². The number of halogens is 2. The zero-order valence-electron chi connectivity index (χ0n) is 8.39. The van der Waals surface area contributed by atoms with E-state index in [2.05, 4.69) is 11.2 Å². The van der Waals surface area contributed by atoms with E-state index in [9.17, 15) is 0 Å². The molecule has 0 aliphatic carbocycles. The van der Waals surface area contributed by atoms with Gasteiger partial charge >= 0.3 is 0 Å². The van der Waals surface area contributed by atoms with E-state index in [1.54, 1.807) is 6.07 Å². The van der Waals surface area contributed by atoms with Gasteiger partial charge in [0.1, 0.15) is 0 Å². The molecule has 0 aliphatic heterocycles. The van der Waals surface area contributed by atoms with E-state index in [0.29, 0.717) is 10.0 Å². The molecule has 0 aliphatic rings. The van der Waals surface area contributed by atoms with E-state index in [1.807, 2.05) is 12.1 Å². The van der Waals surface area contributed by atoms with Crippen LogP contribution in [-0.4, -0.2) is 6.54 Å². The Morgan fingerprint density at radius 2 is 2.13 bits per heavy atom. The molecule has 0 fully saturated rings. The van der Waals surface area contributed by atoms with Gasteiger partial charge in [-0.25, -0.2) is 0 Å². The van der Waals surface area contributed by atoms with Crippen LogP contribution in [0.5, 0.6) is 0 Å². The summed E-state index contributed by atoms with van der Waals surface area (Å²) in [6.07, 6.45) is 6.93. The number of unbranched alkanes of at least 4 members (excludes halogenated alkanes) is 1. The van der Waals surface area contributed by atoms with Crippen molar-refractivity contribution in [3.05, 3.63) is 33.8 Å². The van der Waals surface area contributed by atoms with Crippen molar-refractivity contribution in [2.75, 3.05) is 6.54 Å². The fourth-order valence-corrected chi connectivity index (χ4v) is 1.61. The van der Waals surface area contributed by atoms with Crippen LogP contribution in [0.4, 0.5) is 0 Å². The predicted octanol–water partition coefficient (Wildman–Crippen LogP) is 3.50. The van der Waals surface area contributed by atoms with Crippen LogP contribution in [0.3, 0.4) is 0 Å². The number of nitrogens with one attached hydrogen (secondary N) is 1. The standard InChI is InChI=1S/C12H13Cl2N/c1-2-3-4-8-15-9-10-6-5-7-11(13)12(10)14/h1,5-7,15H,3-4,8-9H2. The highest BCUT2D eigenvalue weighted by Crippen LogP contribution is 2.25. The second-order valence-corrected chi connectivity index (χ2v) is 3.98. The Bertz CT molecular complexity index is 355. The molecule has 15 heavy (non-hydrogen) atoms. The van der Waals surface area contributed by atoms with Gasteiger partial charge in [0.05, 0.1) is 10.0 Å². The molecule has 0 radical (unpaired) electrons. The van der Waals surface area contributed by atoms with Gasteiger partial charge in [-0.3, -0.25) is 0 Å². The maximum atomic E-state index is 6.03. The number of hydrogen-bond donors (Lipinski definition) is 1. The molecule has 0 atom stereocenters. The molecule has 1 aromatic carbocycles. The molecule has 1 N–H and O–H groups in total. The Morgan fingerprint density at radius 1 is 1.33 bits per heavy atom. The fraction of sp³-hybridized carbons (Fsp3) is 0.333. The summed E-state index contributed by atoms with van der Waals surface area (Å²) in [5.41, 5.74) is 1.02. The van der Waals surface area contributed by atoms with Crippen LogP contribution in [0.1, 0.15) is 18.4 Å². The lowest BCUT2D eigenvalue weighted by atomic mass is 10.2. The Labute approximate surface area is 101 Å². The van der Waals surface area contributed by atoms with Crippen molar-refractivity contribution in [2.24, 2.45) is 0 Å². The molecule has 0 heterocycles. The molecule has 3 heteroatoms. The first-order chi connectivity index (χ1) is 7.25. The second kappa shape index (κ2) is 6.74. The first kappa shape index (κ1) is 12.4. The van der Waals surface area contributed by atoms with Crippen LogP contribution in [-0.2, 0) is 6.54 Å². The van der Waals surface area contributed by atoms with Gasteiger partial charge in [-0.05, 0) is 24.6 Å². The molecule has 0 bridgehead atoms. The summed E-state index contributed by atoms with van der Waals surface area (Å²) < 4.78 is 0. The Balaban J connectivity index is 2.38. The first-order valence-corrected chi connectivity index (χ1v) is 5.58. The smallest absolute Gasteiger partial charge is 0.0637 e. The normalized spacial score (nSPS) is 9.93. The van der Waals surface area contributed by atoms with Crippen molar-refractivity contribution < 1.29 is 0 Å². The predicted molar refractivity (Wildman–Crippen MR) is 66.2 cm³/mol. The molecular weight excluding hydrogens is 229 g/mol. The van der Waals surface area contributed by atoms with Crippen molar-refractivity contribution in [2.45, 2.75) is 19.4 Å². The van der Waals surface area contributed by atoms with E-state index in [-0.39, 0.29) is 0 Å². The van der Waals surface area contributed by atoms with Gasteiger partial charge in [0.2, 0.25) is 0 Å². The zero-order chi connectivity index (χ0) is 11.1. The van der Waals surface area contributed by atoms with Crippen LogP contribution in [0.15, 0.2) is 18.2 Å². The monoisotopic (exact) mass is 241 g/mol. The maximum Gasteiger partial charge on any atom is 0.0637 e. The highest BCUT2D eigenvalue weighted by Gasteiger charge is 2.02. The SMILES string of the molecule is C#CCCCNCc1cccc(Cl)c1Cl. The van der Waals surface area contributed by atoms with Crippen molar-refractivity contribution in [3.63, 3.8) is 0 Å². The topological polar surface area (TPSA) is 12.0 Å². The summed E-state index contributed by atoms with van der Waals surface area (Å²) >= 11 is 11.9. The van der Waals surface area contributed by atoms with Crippen molar-refractivity contribution >= 4 is 23.2 Å². The Kier molecular flexibility index (Phi) is 5.57. The summed E-state index contributed by atoms with van der Waals surface area (Å²) in [6.45, 7) is 1.62. The number of terminal acetylenes is 1. The van der Waals surface area contributed by atoms with Gasteiger partial charge < -0.3 is 5.32 Å². The molecule has 0 amide bonds. The molecule has 80 valence electrons. The minimum absolute atomic E-state index is 0.597. The molecule has 0 saturated carbocycles. The largest absolute Gasteiger partial charge is 0.313 e. The lowest BCUT2D eigenvalue weighted by Crippen LogP contribution is -2.14. The van der Waals surface area contributed by atoms with Gasteiger partial charge in [-0.2, -0.15) is 0 Å². The van der Waals surface area contributed by atoms with E-state index in [4.69, 9.17) is 29.6 Å². The summed E-state index contributed by atoms with van der Waals surface area (Å²) in [7, 11) is 0. The van der Waals surface area contributed by atoms with E-state index in [0.717, 1.165) is 31.5 Å². The summed E-state index contributed by atoms with van der Waals surface area (Å²) in [5, 5.41) is 4.49. The minimum Gasteiger partial charge on any atom is -0.313 e. The quantitative estimate of drug-likeness (QED) is 0.615. The lowest BCUT2D eigenvalue weighted by Gasteiger charge is -2.06.